The smallest absolute Gasteiger partial charge is 0.368 e. The van der Waals surface area contributed by atoms with E-state index in [1.807, 2.05) is 24.8 Å². The van der Waals surface area contributed by atoms with Gasteiger partial charge in [-0.2, -0.15) is 22.7 Å². The fourth-order valence-corrected chi connectivity index (χ4v) is 4.45. The number of hydrogen-bond donors (Lipinski definition) is 0. The Hall–Kier alpha value is -3.69. The molecule has 0 bridgehead atoms. The second kappa shape index (κ2) is 8.83. The normalized spacial score (nSPS) is 14.7. The van der Waals surface area contributed by atoms with Crippen molar-refractivity contribution in [1.29, 1.82) is 0 Å². The Kier molecular flexibility index (Phi) is 5.82. The van der Waals surface area contributed by atoms with Crippen molar-refractivity contribution in [1.82, 2.24) is 19.6 Å². The number of alkyl halides is 3. The number of aryl methyl sites for hydroxylation is 1. The van der Waals surface area contributed by atoms with Crippen LogP contribution < -0.4 is 9.80 Å². The molecule has 0 aliphatic carbocycles. The van der Waals surface area contributed by atoms with Crippen LogP contribution in [0.3, 0.4) is 0 Å². The van der Waals surface area contributed by atoms with Crippen molar-refractivity contribution in [3.63, 3.8) is 0 Å². The molecule has 0 amide bonds. The van der Waals surface area contributed by atoms with Crippen molar-refractivity contribution in [2.75, 3.05) is 36.0 Å². The fraction of sp³-hybridized carbons (Fsp3) is 0.320. The maximum Gasteiger partial charge on any atom is 0.416 e. The number of fused-ring (bicyclic) bond motifs is 1. The van der Waals surface area contributed by atoms with E-state index < -0.39 is 11.7 Å². The molecule has 4 aromatic rings. The molecule has 3 heterocycles. The third kappa shape index (κ3) is 4.65. The van der Waals surface area contributed by atoms with Crippen LogP contribution in [0.1, 0.15) is 28.2 Å². The first-order valence-electron chi connectivity index (χ1n) is 11.3. The molecule has 0 radical (unpaired) electrons. The second-order valence-corrected chi connectivity index (χ2v) is 8.71. The average molecular weight is 485 g/mol. The third-order valence-corrected chi connectivity index (χ3v) is 6.35. The van der Waals surface area contributed by atoms with Crippen LogP contribution in [0.5, 0.6) is 0 Å². The maximum absolute atomic E-state index is 13.6. The van der Waals surface area contributed by atoms with E-state index in [2.05, 4.69) is 20.0 Å². The van der Waals surface area contributed by atoms with E-state index in [-0.39, 0.29) is 5.82 Å². The van der Waals surface area contributed by atoms with E-state index in [0.29, 0.717) is 49.9 Å². The summed E-state index contributed by atoms with van der Waals surface area (Å²) in [5.41, 5.74) is 2.48. The van der Waals surface area contributed by atoms with Crippen molar-refractivity contribution in [3.05, 3.63) is 82.6 Å². The van der Waals surface area contributed by atoms with Crippen molar-refractivity contribution >= 4 is 17.3 Å². The molecule has 1 fully saturated rings. The van der Waals surface area contributed by atoms with Gasteiger partial charge in [0.1, 0.15) is 11.6 Å². The van der Waals surface area contributed by atoms with Crippen LogP contribution >= 0.6 is 0 Å². The summed E-state index contributed by atoms with van der Waals surface area (Å²) in [6.07, 6.45) is -3.99. The summed E-state index contributed by atoms with van der Waals surface area (Å²) >= 11 is 0. The van der Waals surface area contributed by atoms with Crippen molar-refractivity contribution < 1.29 is 17.6 Å². The van der Waals surface area contributed by atoms with Gasteiger partial charge in [0.25, 0.3) is 5.78 Å². The van der Waals surface area contributed by atoms with Crippen molar-refractivity contribution in [3.8, 4) is 0 Å². The zero-order valence-electron chi connectivity index (χ0n) is 19.3. The van der Waals surface area contributed by atoms with Gasteiger partial charge in [-0.15, -0.1) is 5.10 Å². The number of rotatable bonds is 4. The molecule has 0 saturated carbocycles. The summed E-state index contributed by atoms with van der Waals surface area (Å²) < 4.78 is 54.7. The van der Waals surface area contributed by atoms with Gasteiger partial charge in [-0.3, -0.25) is 0 Å². The Bertz CT molecular complexity index is 1370. The van der Waals surface area contributed by atoms with E-state index in [4.69, 9.17) is 0 Å². The van der Waals surface area contributed by atoms with Crippen molar-refractivity contribution in [2.45, 2.75) is 26.4 Å². The summed E-state index contributed by atoms with van der Waals surface area (Å²) in [4.78, 5) is 13.3. The minimum Gasteiger partial charge on any atom is -0.368 e. The highest BCUT2D eigenvalue weighted by atomic mass is 19.4. The number of halogens is 4. The fourth-order valence-electron chi connectivity index (χ4n) is 4.45. The summed E-state index contributed by atoms with van der Waals surface area (Å²) in [5, 5.41) is 4.67. The SMILES string of the molecule is Cc1nc2nc(Cc3cccc(F)c3)nn2c(N2CCN(c3cccc(C(F)(F)F)c3)CC2)c1C. The van der Waals surface area contributed by atoms with E-state index in [9.17, 15) is 17.6 Å². The molecular weight excluding hydrogens is 460 g/mol. The maximum atomic E-state index is 13.6. The number of hydrogen-bond acceptors (Lipinski definition) is 5. The molecule has 1 aliphatic rings. The van der Waals surface area contributed by atoms with Gasteiger partial charge in [0, 0.05) is 49.5 Å². The topological polar surface area (TPSA) is 49.6 Å². The van der Waals surface area contributed by atoms with Gasteiger partial charge in [-0.25, -0.2) is 9.37 Å². The van der Waals surface area contributed by atoms with Crippen molar-refractivity contribution in [2.24, 2.45) is 0 Å². The lowest BCUT2D eigenvalue weighted by molar-refractivity contribution is -0.137. The molecule has 2 aromatic heterocycles. The highest BCUT2D eigenvalue weighted by molar-refractivity contribution is 5.57. The Morgan fingerprint density at radius 1 is 0.886 bits per heavy atom. The first-order valence-corrected chi connectivity index (χ1v) is 11.3. The average Bonchev–Trinajstić information content (AvgIpc) is 3.21. The van der Waals surface area contributed by atoms with Gasteiger partial charge >= 0.3 is 6.18 Å². The van der Waals surface area contributed by atoms with Gasteiger partial charge in [-0.1, -0.05) is 18.2 Å². The number of benzene rings is 2. The van der Waals surface area contributed by atoms with Crippen LogP contribution in [0.4, 0.5) is 29.1 Å². The van der Waals surface area contributed by atoms with Gasteiger partial charge in [0.2, 0.25) is 0 Å². The quantitative estimate of drug-likeness (QED) is 0.389. The molecule has 1 aliphatic heterocycles. The molecule has 5 rings (SSSR count). The van der Waals surface area contributed by atoms with Crippen LogP contribution in [-0.2, 0) is 12.6 Å². The zero-order valence-corrected chi connectivity index (χ0v) is 19.3. The molecule has 6 nitrogen and oxygen atoms in total. The summed E-state index contributed by atoms with van der Waals surface area (Å²) in [6.45, 7) is 6.23. The highest BCUT2D eigenvalue weighted by Gasteiger charge is 2.31. The van der Waals surface area contributed by atoms with E-state index in [1.165, 1.54) is 24.3 Å². The number of aromatic nitrogens is 4. The first-order chi connectivity index (χ1) is 16.7. The highest BCUT2D eigenvalue weighted by Crippen LogP contribution is 2.32. The summed E-state index contributed by atoms with van der Waals surface area (Å²) in [5.74, 6) is 1.57. The lowest BCUT2D eigenvalue weighted by Crippen LogP contribution is -2.47. The molecule has 0 spiro atoms. The monoisotopic (exact) mass is 484 g/mol. The minimum atomic E-state index is -4.37. The molecular formula is C25H24F4N6. The van der Waals surface area contributed by atoms with Gasteiger partial charge < -0.3 is 9.80 Å². The molecule has 1 saturated heterocycles. The van der Waals surface area contributed by atoms with Crippen LogP contribution in [0.15, 0.2) is 48.5 Å². The Morgan fingerprint density at radius 3 is 2.31 bits per heavy atom. The number of anilines is 2. The summed E-state index contributed by atoms with van der Waals surface area (Å²) in [6, 6.07) is 11.8. The Morgan fingerprint density at radius 2 is 1.60 bits per heavy atom. The number of nitrogens with zero attached hydrogens (tertiary/aromatic N) is 6. The largest absolute Gasteiger partial charge is 0.416 e. The van der Waals surface area contributed by atoms with Crippen LogP contribution in [0, 0.1) is 19.7 Å². The van der Waals surface area contributed by atoms with Crippen LogP contribution in [-0.4, -0.2) is 45.8 Å². The lowest BCUT2D eigenvalue weighted by atomic mass is 10.1. The standard InChI is InChI=1S/C25H24F4N6/c1-16-17(2)30-24-31-22(14-18-5-3-7-20(26)13-18)32-35(24)23(16)34-11-9-33(10-12-34)21-8-4-6-19(15-21)25(27,28)29/h3-8,13,15H,9-12,14H2,1-2H3. The Labute approximate surface area is 199 Å². The number of piperazine rings is 1. The molecule has 0 atom stereocenters. The second-order valence-electron chi connectivity index (χ2n) is 8.71. The molecule has 35 heavy (non-hydrogen) atoms. The molecule has 2 aromatic carbocycles. The van der Waals surface area contributed by atoms with E-state index in [1.54, 1.807) is 16.6 Å². The van der Waals surface area contributed by atoms with Gasteiger partial charge in [-0.05, 0) is 49.7 Å². The lowest BCUT2D eigenvalue weighted by Gasteiger charge is -2.38. The predicted octanol–water partition coefficient (Wildman–Crippen LogP) is 4.82. The van der Waals surface area contributed by atoms with Crippen LogP contribution in [0.2, 0.25) is 0 Å². The summed E-state index contributed by atoms with van der Waals surface area (Å²) in [7, 11) is 0. The predicted molar refractivity (Wildman–Crippen MR) is 125 cm³/mol. The third-order valence-electron chi connectivity index (χ3n) is 6.35. The zero-order chi connectivity index (χ0) is 24.7. The first kappa shape index (κ1) is 23.1. The van der Waals surface area contributed by atoms with E-state index >= 15 is 0 Å². The van der Waals surface area contributed by atoms with Crippen LogP contribution in [0.25, 0.3) is 5.78 Å². The molecule has 0 unspecified atom stereocenters. The molecule has 10 heteroatoms. The van der Waals surface area contributed by atoms with E-state index in [0.717, 1.165) is 28.7 Å². The molecule has 0 N–H and O–H groups in total. The molecule has 182 valence electrons. The van der Waals surface area contributed by atoms with Gasteiger partial charge in [0.05, 0.1) is 5.56 Å². The minimum absolute atomic E-state index is 0.310. The Balaban J connectivity index is 1.40. The van der Waals surface area contributed by atoms with Gasteiger partial charge in [0.15, 0.2) is 5.82 Å².